The second-order valence-electron chi connectivity index (χ2n) is 4.29. The number of carbonyl (C=O) groups is 2. The van der Waals surface area contributed by atoms with Gasteiger partial charge in [0.1, 0.15) is 5.70 Å². The fourth-order valence-corrected chi connectivity index (χ4v) is 1.84. The zero-order chi connectivity index (χ0) is 11.8. The second kappa shape index (κ2) is 3.73. The summed E-state index contributed by atoms with van der Waals surface area (Å²) >= 11 is 0. The third-order valence-electron chi connectivity index (χ3n) is 2.87. The first-order chi connectivity index (χ1) is 8.25. The molecule has 1 aliphatic carbocycles. The van der Waals surface area contributed by atoms with Crippen molar-refractivity contribution >= 4 is 17.5 Å². The van der Waals surface area contributed by atoms with E-state index in [1.54, 1.807) is 12.1 Å². The second-order valence-corrected chi connectivity index (χ2v) is 4.29. The predicted octanol–water partition coefficient (Wildman–Crippen LogP) is 1.20. The molecule has 1 fully saturated rings. The first-order valence-corrected chi connectivity index (χ1v) is 5.67. The number of benzene rings is 1. The molecule has 86 valence electrons. The Kier molecular flexibility index (Phi) is 2.21. The highest BCUT2D eigenvalue weighted by Crippen LogP contribution is 2.25. The van der Waals surface area contributed by atoms with Crippen LogP contribution >= 0.6 is 0 Å². The molecule has 17 heavy (non-hydrogen) atoms. The Morgan fingerprint density at radius 2 is 1.82 bits per heavy atom. The summed E-state index contributed by atoms with van der Waals surface area (Å²) in [4.78, 5) is 25.0. The van der Waals surface area contributed by atoms with Crippen molar-refractivity contribution in [3.8, 4) is 0 Å². The number of anilines is 1. The molecule has 0 atom stereocenters. The Labute approximate surface area is 98.9 Å². The van der Waals surface area contributed by atoms with Crippen molar-refractivity contribution in [3.05, 3.63) is 42.1 Å². The van der Waals surface area contributed by atoms with Gasteiger partial charge in [0.25, 0.3) is 11.8 Å². The number of rotatable bonds is 3. The monoisotopic (exact) mass is 228 g/mol. The van der Waals surface area contributed by atoms with Gasteiger partial charge < -0.3 is 5.32 Å². The average molecular weight is 228 g/mol. The van der Waals surface area contributed by atoms with E-state index in [4.69, 9.17) is 0 Å². The standard InChI is InChI=1S/C13H12N2O2/c16-12-8-11(14-9-6-7-9)13(17)15(12)10-4-2-1-3-5-10/h1-5,8-9,14H,6-7H2. The van der Waals surface area contributed by atoms with E-state index >= 15 is 0 Å². The van der Waals surface area contributed by atoms with Gasteiger partial charge in [0.05, 0.1) is 5.69 Å². The minimum atomic E-state index is -0.274. The molecule has 1 saturated carbocycles. The first kappa shape index (κ1) is 10.1. The van der Waals surface area contributed by atoms with Gasteiger partial charge in [-0.25, -0.2) is 4.90 Å². The van der Waals surface area contributed by atoms with Crippen molar-refractivity contribution in [3.63, 3.8) is 0 Å². The van der Waals surface area contributed by atoms with Crippen molar-refractivity contribution in [2.45, 2.75) is 18.9 Å². The number of amides is 2. The van der Waals surface area contributed by atoms with Gasteiger partial charge in [-0.1, -0.05) is 18.2 Å². The molecule has 4 heteroatoms. The fraction of sp³-hybridized carbons (Fsp3) is 0.231. The van der Waals surface area contributed by atoms with Gasteiger partial charge in [-0.05, 0) is 25.0 Å². The highest BCUT2D eigenvalue weighted by Gasteiger charge is 2.35. The van der Waals surface area contributed by atoms with Gasteiger partial charge in [0.15, 0.2) is 0 Å². The predicted molar refractivity (Wildman–Crippen MR) is 63.2 cm³/mol. The van der Waals surface area contributed by atoms with Gasteiger partial charge in [-0.15, -0.1) is 0 Å². The normalized spacial score (nSPS) is 19.5. The Morgan fingerprint density at radius 3 is 2.47 bits per heavy atom. The van der Waals surface area contributed by atoms with E-state index in [0.29, 0.717) is 17.4 Å². The molecule has 1 aromatic rings. The van der Waals surface area contributed by atoms with Crippen LogP contribution in [0.4, 0.5) is 5.69 Å². The molecule has 1 aliphatic heterocycles. The number of carbonyl (C=O) groups excluding carboxylic acids is 2. The smallest absolute Gasteiger partial charge is 0.281 e. The van der Waals surface area contributed by atoms with Crippen LogP contribution in [-0.4, -0.2) is 17.9 Å². The number of hydrogen-bond donors (Lipinski definition) is 1. The fourth-order valence-electron chi connectivity index (χ4n) is 1.84. The topological polar surface area (TPSA) is 49.4 Å². The van der Waals surface area contributed by atoms with E-state index in [1.165, 1.54) is 11.0 Å². The molecule has 0 spiro atoms. The van der Waals surface area contributed by atoms with Crippen LogP contribution in [0.25, 0.3) is 0 Å². The summed E-state index contributed by atoms with van der Waals surface area (Å²) in [5.41, 5.74) is 1.03. The molecule has 0 radical (unpaired) electrons. The summed E-state index contributed by atoms with van der Waals surface area (Å²) < 4.78 is 0. The lowest BCUT2D eigenvalue weighted by molar-refractivity contribution is -0.120. The maximum Gasteiger partial charge on any atom is 0.281 e. The molecule has 3 rings (SSSR count). The molecule has 0 bridgehead atoms. The molecule has 0 aromatic heterocycles. The largest absolute Gasteiger partial charge is 0.378 e. The summed E-state index contributed by atoms with van der Waals surface area (Å²) in [6, 6.07) is 9.34. The van der Waals surface area contributed by atoms with E-state index in [9.17, 15) is 9.59 Å². The Bertz CT molecular complexity index is 503. The minimum Gasteiger partial charge on any atom is -0.378 e. The van der Waals surface area contributed by atoms with Crippen molar-refractivity contribution in [2.75, 3.05) is 4.90 Å². The van der Waals surface area contributed by atoms with Gasteiger partial charge in [-0.3, -0.25) is 9.59 Å². The lowest BCUT2D eigenvalue weighted by Gasteiger charge is -2.14. The number of nitrogens with zero attached hydrogens (tertiary/aromatic N) is 1. The highest BCUT2D eigenvalue weighted by atomic mass is 16.2. The zero-order valence-corrected chi connectivity index (χ0v) is 9.22. The van der Waals surface area contributed by atoms with E-state index < -0.39 is 0 Å². The van der Waals surface area contributed by atoms with Gasteiger partial charge in [0.2, 0.25) is 0 Å². The van der Waals surface area contributed by atoms with Crippen LogP contribution in [0, 0.1) is 0 Å². The Morgan fingerprint density at radius 1 is 1.12 bits per heavy atom. The zero-order valence-electron chi connectivity index (χ0n) is 9.22. The maximum absolute atomic E-state index is 12.1. The molecule has 2 amide bonds. The van der Waals surface area contributed by atoms with Crippen LogP contribution in [0.2, 0.25) is 0 Å². The van der Waals surface area contributed by atoms with Crippen LogP contribution in [-0.2, 0) is 9.59 Å². The maximum atomic E-state index is 12.1. The van der Waals surface area contributed by atoms with Crippen LogP contribution in [0.5, 0.6) is 0 Å². The van der Waals surface area contributed by atoms with Gasteiger partial charge >= 0.3 is 0 Å². The number of para-hydroxylation sites is 1. The number of hydrogen-bond acceptors (Lipinski definition) is 3. The van der Waals surface area contributed by atoms with Crippen LogP contribution in [0.15, 0.2) is 42.1 Å². The lowest BCUT2D eigenvalue weighted by Crippen LogP contribution is -2.33. The SMILES string of the molecule is O=C1C=C(NC2CC2)C(=O)N1c1ccccc1. The van der Waals surface area contributed by atoms with Crippen LogP contribution in [0.3, 0.4) is 0 Å². The summed E-state index contributed by atoms with van der Waals surface area (Å²) in [7, 11) is 0. The molecule has 4 nitrogen and oxygen atoms in total. The van der Waals surface area contributed by atoms with Gasteiger partial charge in [0, 0.05) is 12.1 Å². The number of imide groups is 1. The molecule has 1 N–H and O–H groups in total. The van der Waals surface area contributed by atoms with E-state index in [0.717, 1.165) is 12.8 Å². The minimum absolute atomic E-state index is 0.256. The van der Waals surface area contributed by atoms with Crippen molar-refractivity contribution in [1.82, 2.24) is 5.32 Å². The Hall–Kier alpha value is -2.10. The summed E-state index contributed by atoms with van der Waals surface area (Å²) in [6.07, 6.45) is 3.53. The highest BCUT2D eigenvalue weighted by molar-refractivity contribution is 6.30. The van der Waals surface area contributed by atoms with Crippen LogP contribution < -0.4 is 10.2 Å². The van der Waals surface area contributed by atoms with Crippen molar-refractivity contribution in [1.29, 1.82) is 0 Å². The quantitative estimate of drug-likeness (QED) is 0.791. The molecule has 2 aliphatic rings. The summed E-state index contributed by atoms with van der Waals surface area (Å²) in [6.45, 7) is 0. The van der Waals surface area contributed by atoms with E-state index in [1.807, 2.05) is 18.2 Å². The molecule has 0 unspecified atom stereocenters. The lowest BCUT2D eigenvalue weighted by atomic mass is 10.3. The van der Waals surface area contributed by atoms with E-state index in [2.05, 4.69) is 5.32 Å². The third-order valence-corrected chi connectivity index (χ3v) is 2.87. The number of nitrogens with one attached hydrogen (secondary N) is 1. The van der Waals surface area contributed by atoms with Crippen LogP contribution in [0.1, 0.15) is 12.8 Å². The van der Waals surface area contributed by atoms with Gasteiger partial charge in [-0.2, -0.15) is 0 Å². The summed E-state index contributed by atoms with van der Waals surface area (Å²) in [5, 5.41) is 3.08. The molecule has 1 aromatic carbocycles. The average Bonchev–Trinajstić information content (AvgIpc) is 3.09. The van der Waals surface area contributed by atoms with Crippen molar-refractivity contribution < 1.29 is 9.59 Å². The molecule has 1 heterocycles. The molecule has 0 saturated heterocycles. The molecular weight excluding hydrogens is 216 g/mol. The van der Waals surface area contributed by atoms with E-state index in [-0.39, 0.29) is 11.8 Å². The summed E-state index contributed by atoms with van der Waals surface area (Å²) in [5.74, 6) is -0.530. The Balaban J connectivity index is 1.84. The third kappa shape index (κ3) is 1.82. The molecular formula is C13H12N2O2. The first-order valence-electron chi connectivity index (χ1n) is 5.67. The van der Waals surface area contributed by atoms with Crippen molar-refractivity contribution in [2.24, 2.45) is 0 Å².